The van der Waals surface area contributed by atoms with Crippen molar-refractivity contribution in [3.63, 3.8) is 0 Å². The monoisotopic (exact) mass is 165 g/mol. The van der Waals surface area contributed by atoms with Crippen molar-refractivity contribution in [1.82, 2.24) is 4.90 Å². The Balaban J connectivity index is 3.82. The Bertz CT molecular complexity index is 138. The first kappa shape index (κ1) is 10.5. The summed E-state index contributed by atoms with van der Waals surface area (Å²) in [7, 11) is 1.51. The van der Waals surface area contributed by atoms with Crippen molar-refractivity contribution in [3.05, 3.63) is 0 Å². The van der Waals surface area contributed by atoms with Gasteiger partial charge >= 0.3 is 0 Å². The molecule has 1 atom stereocenters. The predicted octanol–water partition coefficient (Wildman–Crippen LogP) is 1.16. The maximum atomic E-state index is 11.8. The minimum absolute atomic E-state index is 0.0897. The zero-order chi connectivity index (χ0) is 9.02. The van der Waals surface area contributed by atoms with Gasteiger partial charge in [0.25, 0.3) is 6.43 Å². The fourth-order valence-corrected chi connectivity index (χ4v) is 0.686. The number of hydrogen-bond acceptors (Lipinski definition) is 2. The average Bonchev–Trinajstić information content (AvgIpc) is 1.84. The van der Waals surface area contributed by atoms with Crippen LogP contribution in [-0.4, -0.2) is 36.7 Å². The lowest BCUT2D eigenvalue weighted by molar-refractivity contribution is -0.121. The molecular formula is C7H13F2NO. The number of Topliss-reactive ketones (excluding diaryl/α,β-unsaturated/α-hetero) is 1. The quantitative estimate of drug-likeness (QED) is 0.623. The molecule has 4 heteroatoms. The van der Waals surface area contributed by atoms with E-state index in [2.05, 4.69) is 0 Å². The van der Waals surface area contributed by atoms with Gasteiger partial charge in [-0.1, -0.05) is 0 Å². The lowest BCUT2D eigenvalue weighted by atomic mass is 10.2. The molecule has 66 valence electrons. The molecule has 0 saturated carbocycles. The molecule has 0 rings (SSSR count). The van der Waals surface area contributed by atoms with Crippen LogP contribution in [0.2, 0.25) is 0 Å². The van der Waals surface area contributed by atoms with Crippen molar-refractivity contribution in [2.75, 3.05) is 13.6 Å². The van der Waals surface area contributed by atoms with Crippen LogP contribution in [0, 0.1) is 0 Å². The second-order valence-electron chi connectivity index (χ2n) is 2.62. The van der Waals surface area contributed by atoms with E-state index in [0.717, 1.165) is 0 Å². The third kappa shape index (κ3) is 4.03. The van der Waals surface area contributed by atoms with Crippen LogP contribution < -0.4 is 0 Å². The lowest BCUT2D eigenvalue weighted by Crippen LogP contribution is -2.37. The van der Waals surface area contributed by atoms with Gasteiger partial charge < -0.3 is 0 Å². The highest BCUT2D eigenvalue weighted by Crippen LogP contribution is 2.01. The molecule has 0 aromatic rings. The summed E-state index contributed by atoms with van der Waals surface area (Å²) in [6, 6.07) is -0.413. The van der Waals surface area contributed by atoms with Crippen LogP contribution in [0.15, 0.2) is 0 Å². The number of nitrogens with zero attached hydrogens (tertiary/aromatic N) is 1. The third-order valence-corrected chi connectivity index (χ3v) is 1.68. The van der Waals surface area contributed by atoms with E-state index < -0.39 is 12.5 Å². The molecule has 0 radical (unpaired) electrons. The summed E-state index contributed by atoms with van der Waals surface area (Å²) < 4.78 is 23.5. The van der Waals surface area contributed by atoms with Crippen LogP contribution in [0.3, 0.4) is 0 Å². The van der Waals surface area contributed by atoms with E-state index in [0.29, 0.717) is 0 Å². The van der Waals surface area contributed by atoms with Crippen LogP contribution in [0.1, 0.15) is 13.8 Å². The van der Waals surface area contributed by atoms with Crippen LogP contribution in [-0.2, 0) is 4.79 Å². The summed E-state index contributed by atoms with van der Waals surface area (Å²) in [5, 5.41) is 0. The number of ketones is 1. The van der Waals surface area contributed by atoms with Gasteiger partial charge in [0.2, 0.25) is 0 Å². The smallest absolute Gasteiger partial charge is 0.251 e. The molecule has 0 bridgehead atoms. The summed E-state index contributed by atoms with van der Waals surface area (Å²) in [5.74, 6) is -0.0897. The Labute approximate surface area is 65.2 Å². The highest BCUT2D eigenvalue weighted by molar-refractivity contribution is 5.80. The van der Waals surface area contributed by atoms with E-state index >= 15 is 0 Å². The standard InChI is InChI=1S/C7H13F2NO/c1-5(6(2)11)10(3)4-7(8)9/h5,7H,4H2,1-3H3. The zero-order valence-electron chi connectivity index (χ0n) is 6.97. The van der Waals surface area contributed by atoms with Gasteiger partial charge in [-0.05, 0) is 20.9 Å². The molecule has 0 aliphatic rings. The van der Waals surface area contributed by atoms with Gasteiger partial charge in [0.05, 0.1) is 12.6 Å². The number of rotatable bonds is 4. The molecule has 0 aliphatic heterocycles. The van der Waals surface area contributed by atoms with Gasteiger partial charge in [-0.2, -0.15) is 0 Å². The number of likely N-dealkylation sites (N-methyl/N-ethyl adjacent to an activating group) is 1. The van der Waals surface area contributed by atoms with Crippen molar-refractivity contribution in [3.8, 4) is 0 Å². The fourth-order valence-electron chi connectivity index (χ4n) is 0.686. The molecule has 0 amide bonds. The summed E-state index contributed by atoms with van der Waals surface area (Å²) in [4.78, 5) is 12.0. The van der Waals surface area contributed by atoms with Gasteiger partial charge in [-0.25, -0.2) is 8.78 Å². The van der Waals surface area contributed by atoms with Crippen molar-refractivity contribution < 1.29 is 13.6 Å². The number of hydrogen-bond donors (Lipinski definition) is 0. The van der Waals surface area contributed by atoms with Gasteiger partial charge in [-0.3, -0.25) is 9.69 Å². The van der Waals surface area contributed by atoms with Crippen molar-refractivity contribution in [2.24, 2.45) is 0 Å². The molecule has 0 aliphatic carbocycles. The van der Waals surface area contributed by atoms with E-state index in [4.69, 9.17) is 0 Å². The topological polar surface area (TPSA) is 20.3 Å². The second kappa shape index (κ2) is 4.38. The van der Waals surface area contributed by atoms with Crippen LogP contribution in [0.4, 0.5) is 8.78 Å². The molecule has 0 aromatic carbocycles. The molecule has 0 spiro atoms. The first-order valence-electron chi connectivity index (χ1n) is 3.44. The van der Waals surface area contributed by atoms with Crippen molar-refractivity contribution >= 4 is 5.78 Å². The van der Waals surface area contributed by atoms with E-state index in [-0.39, 0.29) is 12.3 Å². The Hall–Kier alpha value is -0.510. The van der Waals surface area contributed by atoms with Gasteiger partial charge in [0.1, 0.15) is 5.78 Å². The van der Waals surface area contributed by atoms with E-state index in [9.17, 15) is 13.6 Å². The predicted molar refractivity (Wildman–Crippen MR) is 38.8 cm³/mol. The lowest BCUT2D eigenvalue weighted by Gasteiger charge is -2.21. The average molecular weight is 165 g/mol. The second-order valence-corrected chi connectivity index (χ2v) is 2.62. The zero-order valence-corrected chi connectivity index (χ0v) is 6.97. The summed E-state index contributed by atoms with van der Waals surface area (Å²) in [5.41, 5.74) is 0. The summed E-state index contributed by atoms with van der Waals surface area (Å²) >= 11 is 0. The molecule has 0 fully saturated rings. The molecule has 0 saturated heterocycles. The maximum Gasteiger partial charge on any atom is 0.251 e. The Morgan fingerprint density at radius 2 is 2.00 bits per heavy atom. The molecule has 0 aromatic heterocycles. The summed E-state index contributed by atoms with van der Waals surface area (Å²) in [6.45, 7) is 2.66. The third-order valence-electron chi connectivity index (χ3n) is 1.68. The minimum atomic E-state index is -2.37. The summed E-state index contributed by atoms with van der Waals surface area (Å²) in [6.07, 6.45) is -2.37. The van der Waals surface area contributed by atoms with Crippen molar-refractivity contribution in [1.29, 1.82) is 0 Å². The minimum Gasteiger partial charge on any atom is -0.298 e. The molecule has 0 N–H and O–H groups in total. The van der Waals surface area contributed by atoms with E-state index in [1.54, 1.807) is 6.92 Å². The maximum absolute atomic E-state index is 11.8. The SMILES string of the molecule is CC(=O)C(C)N(C)CC(F)F. The number of alkyl halides is 2. The fraction of sp³-hybridized carbons (Fsp3) is 0.857. The Morgan fingerprint density at radius 1 is 1.55 bits per heavy atom. The Kier molecular flexibility index (Phi) is 4.18. The molecule has 11 heavy (non-hydrogen) atoms. The van der Waals surface area contributed by atoms with Crippen molar-refractivity contribution in [2.45, 2.75) is 26.3 Å². The van der Waals surface area contributed by atoms with Gasteiger partial charge in [-0.15, -0.1) is 0 Å². The van der Waals surface area contributed by atoms with E-state index in [1.807, 2.05) is 0 Å². The van der Waals surface area contributed by atoms with Gasteiger partial charge in [0.15, 0.2) is 0 Å². The van der Waals surface area contributed by atoms with Gasteiger partial charge in [0, 0.05) is 0 Å². The largest absolute Gasteiger partial charge is 0.298 e. The first-order chi connectivity index (χ1) is 4.95. The first-order valence-corrected chi connectivity index (χ1v) is 3.44. The molecule has 1 unspecified atom stereocenters. The molecule has 0 heterocycles. The van der Waals surface area contributed by atoms with Crippen LogP contribution in [0.25, 0.3) is 0 Å². The number of carbonyl (C=O) groups excluding carboxylic acids is 1. The van der Waals surface area contributed by atoms with Crippen LogP contribution >= 0.6 is 0 Å². The normalized spacial score (nSPS) is 14.1. The number of carbonyl (C=O) groups is 1. The molecule has 2 nitrogen and oxygen atoms in total. The highest BCUT2D eigenvalue weighted by Gasteiger charge is 2.16. The number of halogens is 2. The Morgan fingerprint density at radius 3 is 2.27 bits per heavy atom. The van der Waals surface area contributed by atoms with E-state index in [1.165, 1.54) is 18.9 Å². The molecular weight excluding hydrogens is 152 g/mol. The highest BCUT2D eigenvalue weighted by atomic mass is 19.3. The van der Waals surface area contributed by atoms with Crippen LogP contribution in [0.5, 0.6) is 0 Å².